The number of rotatable bonds is 0. The Morgan fingerprint density at radius 3 is 2.32 bits per heavy atom. The molecule has 0 aromatic carbocycles. The number of hydrogen-bond acceptors (Lipinski definition) is 4. The highest BCUT2D eigenvalue weighted by Gasteiger charge is 1.99. The Bertz CT molecular complexity index is 934. The second-order valence-corrected chi connectivity index (χ2v) is 5.42. The zero-order chi connectivity index (χ0) is 15.7. The molecule has 0 aliphatic rings. The van der Waals surface area contributed by atoms with E-state index < -0.39 is 0 Å². The van der Waals surface area contributed by atoms with E-state index in [4.69, 9.17) is 23.2 Å². The molecule has 0 fully saturated rings. The van der Waals surface area contributed by atoms with Crippen molar-refractivity contribution in [1.29, 1.82) is 0 Å². The predicted molar refractivity (Wildman–Crippen MR) is 87.0 cm³/mol. The first-order valence-electron chi connectivity index (χ1n) is 6.43. The lowest BCUT2D eigenvalue weighted by Crippen LogP contribution is -1.88. The summed E-state index contributed by atoms with van der Waals surface area (Å²) in [5.74, 6) is 0. The lowest BCUT2D eigenvalue weighted by atomic mass is 10.4. The molecule has 4 aromatic heterocycles. The smallest absolute Gasteiger partial charge is 0.129 e. The van der Waals surface area contributed by atoms with Crippen LogP contribution in [0, 0.1) is 0 Å². The van der Waals surface area contributed by atoms with Gasteiger partial charge in [-0.2, -0.15) is 10.2 Å². The van der Waals surface area contributed by atoms with Gasteiger partial charge in [-0.1, -0.05) is 23.2 Å². The summed E-state index contributed by atoms with van der Waals surface area (Å²) < 4.78 is 3.48. The molecule has 6 nitrogen and oxygen atoms in total. The van der Waals surface area contributed by atoms with Crippen molar-refractivity contribution in [3.05, 3.63) is 47.0 Å². The molecule has 4 rings (SSSR count). The fraction of sp³-hybridized carbons (Fsp3) is 0.143. The fourth-order valence-electron chi connectivity index (χ4n) is 2.01. The minimum atomic E-state index is 0.505. The summed E-state index contributed by atoms with van der Waals surface area (Å²) in [7, 11) is 3.73. The molecule has 0 saturated heterocycles. The van der Waals surface area contributed by atoms with E-state index in [1.165, 1.54) is 0 Å². The zero-order valence-electron chi connectivity index (χ0n) is 11.9. The van der Waals surface area contributed by atoms with Crippen molar-refractivity contribution in [1.82, 2.24) is 29.5 Å². The van der Waals surface area contributed by atoms with E-state index in [0.717, 1.165) is 22.1 Å². The Balaban J connectivity index is 0.000000131. The normalized spacial score (nSPS) is 10.7. The standard InChI is InChI=1S/2C7H6ClN3/c1-11-6-2-3-7(8)10-5(6)4-9-11;1-11-4-6-5(10-11)2-3-7(8)9-6/h2*2-4H,1H3. The summed E-state index contributed by atoms with van der Waals surface area (Å²) in [6.07, 6.45) is 3.53. The van der Waals surface area contributed by atoms with Gasteiger partial charge in [0.05, 0.1) is 17.9 Å². The predicted octanol–water partition coefficient (Wildman–Crippen LogP) is 3.24. The molecule has 22 heavy (non-hydrogen) atoms. The van der Waals surface area contributed by atoms with Crippen molar-refractivity contribution in [3.63, 3.8) is 0 Å². The summed E-state index contributed by atoms with van der Waals surface area (Å²) in [6.45, 7) is 0. The van der Waals surface area contributed by atoms with Gasteiger partial charge in [0.2, 0.25) is 0 Å². The van der Waals surface area contributed by atoms with E-state index in [9.17, 15) is 0 Å². The third-order valence-corrected chi connectivity index (χ3v) is 3.43. The van der Waals surface area contributed by atoms with E-state index in [1.54, 1.807) is 27.7 Å². The van der Waals surface area contributed by atoms with E-state index in [-0.39, 0.29) is 0 Å². The number of hydrogen-bond donors (Lipinski definition) is 0. The van der Waals surface area contributed by atoms with Crippen LogP contribution in [0.1, 0.15) is 0 Å². The summed E-state index contributed by atoms with van der Waals surface area (Å²) in [6, 6.07) is 7.24. The number of pyridine rings is 2. The van der Waals surface area contributed by atoms with Crippen LogP contribution in [-0.4, -0.2) is 29.5 Å². The Morgan fingerprint density at radius 1 is 0.864 bits per heavy atom. The molecule has 0 spiro atoms. The third-order valence-electron chi connectivity index (χ3n) is 3.01. The number of nitrogens with zero attached hydrogens (tertiary/aromatic N) is 6. The van der Waals surface area contributed by atoms with Crippen LogP contribution in [0.4, 0.5) is 0 Å². The highest BCUT2D eigenvalue weighted by Crippen LogP contribution is 2.13. The maximum atomic E-state index is 5.68. The summed E-state index contributed by atoms with van der Waals surface area (Å²) in [5, 5.41) is 9.19. The first kappa shape index (κ1) is 14.7. The molecule has 4 aromatic rings. The largest absolute Gasteiger partial charge is 0.273 e. The summed E-state index contributed by atoms with van der Waals surface area (Å²) in [4.78, 5) is 8.16. The van der Waals surface area contributed by atoms with Crippen LogP contribution in [0.25, 0.3) is 22.1 Å². The Labute approximate surface area is 136 Å². The molecule has 0 saturated carbocycles. The van der Waals surface area contributed by atoms with Gasteiger partial charge in [-0.3, -0.25) is 9.36 Å². The second kappa shape index (κ2) is 5.90. The molecule has 0 bridgehead atoms. The molecule has 0 unspecified atom stereocenters. The van der Waals surface area contributed by atoms with Gasteiger partial charge in [0.1, 0.15) is 26.9 Å². The minimum Gasteiger partial charge on any atom is -0.273 e. The van der Waals surface area contributed by atoms with Crippen molar-refractivity contribution >= 4 is 45.3 Å². The molecule has 0 radical (unpaired) electrons. The van der Waals surface area contributed by atoms with E-state index >= 15 is 0 Å². The van der Waals surface area contributed by atoms with E-state index in [1.807, 2.05) is 32.4 Å². The topological polar surface area (TPSA) is 61.4 Å². The molecule has 0 aliphatic carbocycles. The third kappa shape index (κ3) is 3.03. The van der Waals surface area contributed by atoms with Crippen LogP contribution < -0.4 is 0 Å². The molecular formula is C14H12Cl2N6. The van der Waals surface area contributed by atoms with Crippen molar-refractivity contribution in [2.75, 3.05) is 0 Å². The van der Waals surface area contributed by atoms with Gasteiger partial charge in [-0.15, -0.1) is 0 Å². The summed E-state index contributed by atoms with van der Waals surface area (Å²) in [5.41, 5.74) is 3.53. The highest BCUT2D eigenvalue weighted by atomic mass is 35.5. The second-order valence-electron chi connectivity index (χ2n) is 4.65. The van der Waals surface area contributed by atoms with Gasteiger partial charge >= 0.3 is 0 Å². The van der Waals surface area contributed by atoms with Gasteiger partial charge in [-0.05, 0) is 24.3 Å². The van der Waals surface area contributed by atoms with E-state index in [0.29, 0.717) is 10.3 Å². The SMILES string of the molecule is Cn1cc2nc(Cl)ccc2n1.Cn1ncc2nc(Cl)ccc21. The maximum absolute atomic E-state index is 5.68. The van der Waals surface area contributed by atoms with Crippen molar-refractivity contribution in [2.24, 2.45) is 14.1 Å². The molecular weight excluding hydrogens is 323 g/mol. The van der Waals surface area contributed by atoms with Gasteiger partial charge < -0.3 is 0 Å². The number of halogens is 2. The lowest BCUT2D eigenvalue weighted by Gasteiger charge is -1.91. The fourth-order valence-corrected chi connectivity index (χ4v) is 2.32. The number of aromatic nitrogens is 6. The van der Waals surface area contributed by atoms with Gasteiger partial charge in [-0.25, -0.2) is 9.97 Å². The average Bonchev–Trinajstić information content (AvgIpc) is 3.01. The minimum absolute atomic E-state index is 0.505. The Hall–Kier alpha value is -2.18. The van der Waals surface area contributed by atoms with E-state index in [2.05, 4.69) is 20.2 Å². The molecule has 8 heteroatoms. The quantitative estimate of drug-likeness (QED) is 0.463. The van der Waals surface area contributed by atoms with Gasteiger partial charge in [0.15, 0.2) is 0 Å². The molecule has 0 atom stereocenters. The molecule has 0 aliphatic heterocycles. The first-order valence-corrected chi connectivity index (χ1v) is 7.19. The average molecular weight is 335 g/mol. The molecule has 0 N–H and O–H groups in total. The van der Waals surface area contributed by atoms with Crippen molar-refractivity contribution in [3.8, 4) is 0 Å². The van der Waals surface area contributed by atoms with Crippen LogP contribution in [0.5, 0.6) is 0 Å². The Kier molecular flexibility index (Phi) is 3.96. The monoisotopic (exact) mass is 334 g/mol. The van der Waals surface area contributed by atoms with Gasteiger partial charge in [0.25, 0.3) is 0 Å². The highest BCUT2D eigenvalue weighted by molar-refractivity contribution is 6.30. The van der Waals surface area contributed by atoms with Crippen LogP contribution in [0.3, 0.4) is 0 Å². The van der Waals surface area contributed by atoms with Crippen molar-refractivity contribution in [2.45, 2.75) is 0 Å². The van der Waals surface area contributed by atoms with Crippen LogP contribution >= 0.6 is 23.2 Å². The molecule has 4 heterocycles. The van der Waals surface area contributed by atoms with Crippen LogP contribution in [0.15, 0.2) is 36.7 Å². The molecule has 0 amide bonds. The first-order chi connectivity index (χ1) is 10.5. The molecule has 112 valence electrons. The van der Waals surface area contributed by atoms with Crippen molar-refractivity contribution < 1.29 is 0 Å². The number of aryl methyl sites for hydroxylation is 2. The lowest BCUT2D eigenvalue weighted by molar-refractivity contribution is 0.779. The van der Waals surface area contributed by atoms with Crippen LogP contribution in [0.2, 0.25) is 10.3 Å². The van der Waals surface area contributed by atoms with Crippen LogP contribution in [-0.2, 0) is 14.1 Å². The Morgan fingerprint density at radius 2 is 1.55 bits per heavy atom. The summed E-state index contributed by atoms with van der Waals surface area (Å²) >= 11 is 11.4. The maximum Gasteiger partial charge on any atom is 0.129 e. The number of fused-ring (bicyclic) bond motifs is 2. The van der Waals surface area contributed by atoms with Gasteiger partial charge in [0, 0.05) is 14.1 Å². The zero-order valence-corrected chi connectivity index (χ0v) is 13.4.